The third-order valence-corrected chi connectivity index (χ3v) is 9.63. The van der Waals surface area contributed by atoms with Crippen LogP contribution in [0.3, 0.4) is 0 Å². The van der Waals surface area contributed by atoms with Crippen LogP contribution in [0.4, 0.5) is 19.9 Å². The van der Waals surface area contributed by atoms with Gasteiger partial charge in [0, 0.05) is 35.8 Å². The van der Waals surface area contributed by atoms with Gasteiger partial charge in [0.15, 0.2) is 22.3 Å². The van der Waals surface area contributed by atoms with E-state index in [9.17, 15) is 19.2 Å². The highest BCUT2D eigenvalue weighted by molar-refractivity contribution is 7.14. The summed E-state index contributed by atoms with van der Waals surface area (Å²) < 4.78 is 10.3. The van der Waals surface area contributed by atoms with Crippen molar-refractivity contribution in [3.8, 4) is 0 Å². The van der Waals surface area contributed by atoms with Crippen LogP contribution in [0.1, 0.15) is 80.8 Å². The first-order valence-corrected chi connectivity index (χ1v) is 19.4. The van der Waals surface area contributed by atoms with Crippen LogP contribution < -0.4 is 10.6 Å². The van der Waals surface area contributed by atoms with Crippen molar-refractivity contribution in [2.45, 2.75) is 64.7 Å². The van der Waals surface area contributed by atoms with Gasteiger partial charge in [0.1, 0.15) is 16.9 Å². The first-order chi connectivity index (χ1) is 26.2. The predicted molar refractivity (Wildman–Crippen MR) is 218 cm³/mol. The molecule has 0 aliphatic carbocycles. The van der Waals surface area contributed by atoms with Crippen LogP contribution in [0.15, 0.2) is 107 Å². The second kappa shape index (κ2) is 17.8. The number of hydrogen-bond acceptors (Lipinski definition) is 11. The van der Waals surface area contributed by atoms with E-state index in [1.54, 1.807) is 26.2 Å². The maximum absolute atomic E-state index is 13.2. The molecule has 3 heterocycles. The molecule has 0 atom stereocenters. The number of ether oxygens (including phenoxy) is 2. The Kier molecular flexibility index (Phi) is 13.1. The molecule has 5 aromatic rings. The van der Waals surface area contributed by atoms with E-state index in [0.717, 1.165) is 16.7 Å². The van der Waals surface area contributed by atoms with Crippen LogP contribution in [0.5, 0.6) is 0 Å². The number of anilines is 2. The minimum atomic E-state index is -0.604. The minimum Gasteiger partial charge on any atom is -0.444 e. The first-order valence-electron chi connectivity index (χ1n) is 17.7. The number of thiazole rings is 2. The number of rotatable bonds is 8. The summed E-state index contributed by atoms with van der Waals surface area (Å²) in [6.45, 7) is 11.8. The lowest BCUT2D eigenvalue weighted by atomic mass is 9.74. The van der Waals surface area contributed by atoms with Crippen molar-refractivity contribution in [1.82, 2.24) is 14.9 Å². The summed E-state index contributed by atoms with van der Waals surface area (Å²) in [4.78, 5) is 57.8. The molecule has 1 aliphatic rings. The van der Waals surface area contributed by atoms with Gasteiger partial charge in [-0.25, -0.2) is 19.6 Å². The number of benzene rings is 3. The fourth-order valence-electron chi connectivity index (χ4n) is 6.04. The van der Waals surface area contributed by atoms with Gasteiger partial charge in [-0.05, 0) is 64.3 Å². The number of hydrogen-bond donors (Lipinski definition) is 2. The third-order valence-electron chi connectivity index (χ3n) is 8.08. The fourth-order valence-corrected chi connectivity index (χ4v) is 7.33. The Labute approximate surface area is 329 Å². The summed E-state index contributed by atoms with van der Waals surface area (Å²) in [5.41, 5.74) is 3.27. The highest BCUT2D eigenvalue weighted by Gasteiger charge is 2.44. The van der Waals surface area contributed by atoms with Crippen molar-refractivity contribution in [3.05, 3.63) is 135 Å². The van der Waals surface area contributed by atoms with E-state index < -0.39 is 28.9 Å². The molecule has 0 bridgehead atoms. The van der Waals surface area contributed by atoms with Crippen LogP contribution >= 0.6 is 22.7 Å². The number of nitrogens with one attached hydrogen (secondary N) is 2. The van der Waals surface area contributed by atoms with Gasteiger partial charge in [-0.3, -0.25) is 25.1 Å². The number of amides is 2. The maximum atomic E-state index is 13.2. The molecule has 6 rings (SSSR count). The number of aromatic nitrogens is 2. The number of aldehydes is 1. The molecule has 2 N–H and O–H groups in total. The highest BCUT2D eigenvalue weighted by Crippen LogP contribution is 2.44. The van der Waals surface area contributed by atoms with Gasteiger partial charge in [-0.1, -0.05) is 91.0 Å². The number of nitrogens with zero attached hydrogens (tertiary/aromatic N) is 3. The number of piperidine rings is 1. The Hall–Kier alpha value is -5.50. The van der Waals surface area contributed by atoms with E-state index in [1.165, 1.54) is 22.7 Å². The molecule has 2 aromatic heterocycles. The van der Waals surface area contributed by atoms with Crippen molar-refractivity contribution in [2.75, 3.05) is 23.7 Å². The summed E-state index contributed by atoms with van der Waals surface area (Å²) in [5, 5.41) is 9.30. The highest BCUT2D eigenvalue weighted by atomic mass is 32.1. The summed E-state index contributed by atoms with van der Waals surface area (Å²) >= 11 is 2.47. The fraction of sp³-hybridized carbons (Fsp3) is 0.286. The quantitative estimate of drug-likeness (QED) is 0.0896. The smallest absolute Gasteiger partial charge is 0.413 e. The third kappa shape index (κ3) is 11.0. The predicted octanol–water partition coefficient (Wildman–Crippen LogP) is 9.44. The lowest BCUT2D eigenvalue weighted by molar-refractivity contribution is -0.117. The molecule has 0 spiro atoms. The van der Waals surface area contributed by atoms with Gasteiger partial charge in [0.25, 0.3) is 0 Å². The van der Waals surface area contributed by atoms with Crippen LogP contribution in [0.25, 0.3) is 6.08 Å². The summed E-state index contributed by atoms with van der Waals surface area (Å²) in [7, 11) is 0. The average Bonchev–Trinajstić information content (AvgIpc) is 3.78. The molecule has 11 nitrogen and oxygen atoms in total. The molecule has 286 valence electrons. The van der Waals surface area contributed by atoms with E-state index in [0.29, 0.717) is 53.0 Å². The van der Waals surface area contributed by atoms with Crippen molar-refractivity contribution in [1.29, 1.82) is 0 Å². The van der Waals surface area contributed by atoms with E-state index in [2.05, 4.69) is 98.3 Å². The van der Waals surface area contributed by atoms with Gasteiger partial charge in [0.05, 0.1) is 11.2 Å². The molecule has 3 aromatic carbocycles. The van der Waals surface area contributed by atoms with Crippen LogP contribution in [-0.4, -0.2) is 63.4 Å². The van der Waals surface area contributed by atoms with Gasteiger partial charge < -0.3 is 9.47 Å². The van der Waals surface area contributed by atoms with Gasteiger partial charge >= 0.3 is 12.2 Å². The van der Waals surface area contributed by atoms with E-state index in [-0.39, 0.29) is 5.78 Å². The molecule has 1 fully saturated rings. The second-order valence-electron chi connectivity index (χ2n) is 14.6. The zero-order chi connectivity index (χ0) is 39.6. The van der Waals surface area contributed by atoms with Crippen molar-refractivity contribution in [2.24, 2.45) is 0 Å². The monoisotopic (exact) mass is 779 g/mol. The molecule has 13 heteroatoms. The average molecular weight is 780 g/mol. The largest absolute Gasteiger partial charge is 0.444 e. The van der Waals surface area contributed by atoms with Crippen LogP contribution in [0.2, 0.25) is 0 Å². The van der Waals surface area contributed by atoms with E-state index in [4.69, 9.17) is 9.47 Å². The molecule has 2 amide bonds. The lowest BCUT2D eigenvalue weighted by Gasteiger charge is -2.47. The SMILES string of the molecule is CC(C)(C)OC(=O)Nc1nc(/C=C2\CN(C(c3ccccc3)(c3ccccc3)c3ccccc3)CCC2=O)cs1.CC(C)(C)OC(=O)Nc1nc(C=O)cs1. The van der Waals surface area contributed by atoms with Crippen LogP contribution in [0, 0.1) is 0 Å². The van der Waals surface area contributed by atoms with Gasteiger partial charge in [-0.15, -0.1) is 22.7 Å². The molecule has 1 saturated heterocycles. The van der Waals surface area contributed by atoms with Crippen molar-refractivity contribution >= 4 is 63.3 Å². The number of likely N-dealkylation sites (tertiary alicyclic amines) is 1. The summed E-state index contributed by atoms with van der Waals surface area (Å²) in [6.07, 6.45) is 1.73. The number of carbonyl (C=O) groups excluding carboxylic acids is 4. The van der Waals surface area contributed by atoms with Crippen molar-refractivity contribution in [3.63, 3.8) is 0 Å². The summed E-state index contributed by atoms with van der Waals surface area (Å²) in [5.74, 6) is 0.106. The minimum absolute atomic E-state index is 0.106. The first kappa shape index (κ1) is 40.7. The molecular weight excluding hydrogens is 735 g/mol. The lowest BCUT2D eigenvalue weighted by Crippen LogP contribution is -2.52. The summed E-state index contributed by atoms with van der Waals surface area (Å²) in [6, 6.07) is 31.4. The number of Topliss-reactive ketones (excluding diaryl/α,β-unsaturated/α-hetero) is 1. The van der Waals surface area contributed by atoms with Crippen molar-refractivity contribution < 1.29 is 28.7 Å². The Morgan fingerprint density at radius 1 is 0.691 bits per heavy atom. The van der Waals surface area contributed by atoms with Gasteiger partial charge in [-0.2, -0.15) is 0 Å². The molecular formula is C42H45N5O6S2. The second-order valence-corrected chi connectivity index (χ2v) is 16.3. The maximum Gasteiger partial charge on any atom is 0.413 e. The zero-order valence-electron chi connectivity index (χ0n) is 31.7. The van der Waals surface area contributed by atoms with Crippen LogP contribution in [-0.2, 0) is 19.8 Å². The number of carbonyl (C=O) groups is 4. The van der Waals surface area contributed by atoms with Gasteiger partial charge in [0.2, 0.25) is 0 Å². The molecule has 0 radical (unpaired) electrons. The Morgan fingerprint density at radius 3 is 1.51 bits per heavy atom. The standard InChI is InChI=1S/C33H33N3O3S.C9H12N2O3S/c1-32(2,3)39-31(38)35-30-34-28(23-40-30)21-24-22-36(20-19-29(24)37)33(25-13-7-4-8-14-25,26-15-9-5-10-16-26)27-17-11-6-12-18-27;1-9(2,3)14-8(13)11-7-10-6(4-12)5-15-7/h4-18,21,23H,19-20,22H2,1-3H3,(H,34,35,38);4-5H,1-3H3,(H,10,11,13)/b24-21+;. The Bertz CT molecular complexity index is 2010. The zero-order valence-corrected chi connectivity index (χ0v) is 33.3. The molecule has 1 aliphatic heterocycles. The molecule has 55 heavy (non-hydrogen) atoms. The normalized spacial score (nSPS) is 14.4. The molecule has 0 saturated carbocycles. The van der Waals surface area contributed by atoms with E-state index in [1.807, 2.05) is 50.4 Å². The molecule has 0 unspecified atom stereocenters. The Balaban J connectivity index is 0.000000325. The van der Waals surface area contributed by atoms with E-state index >= 15 is 0 Å². The Morgan fingerprint density at radius 2 is 1.11 bits per heavy atom. The topological polar surface area (TPSA) is 140 Å². The number of ketones is 1.